The Kier molecular flexibility index (Phi) is 1.97. The van der Waals surface area contributed by atoms with Crippen LogP contribution in [0, 0.1) is 6.92 Å². The van der Waals surface area contributed by atoms with Crippen LogP contribution in [0.3, 0.4) is 0 Å². The average molecular weight is 211 g/mol. The van der Waals surface area contributed by atoms with Gasteiger partial charge in [-0.3, -0.25) is 0 Å². The lowest BCUT2D eigenvalue weighted by Gasteiger charge is -2.25. The third kappa shape index (κ3) is 1.24. The molecular weight excluding hydrogens is 194 g/mol. The lowest BCUT2D eigenvalue weighted by atomic mass is 9.89. The Morgan fingerprint density at radius 1 is 1.19 bits per heavy atom. The second-order valence-corrected chi connectivity index (χ2v) is 4.96. The van der Waals surface area contributed by atoms with Gasteiger partial charge in [0.2, 0.25) is 0 Å². The lowest BCUT2D eigenvalue weighted by Crippen LogP contribution is -2.29. The summed E-state index contributed by atoms with van der Waals surface area (Å²) in [5.41, 5.74) is 5.58. The number of rotatable bonds is 0. The fraction of sp³-hybridized carbons (Fsp3) is 0.333. The normalized spacial score (nSPS) is 26.4. The van der Waals surface area contributed by atoms with Gasteiger partial charge in [0.15, 0.2) is 0 Å². The van der Waals surface area contributed by atoms with Crippen molar-refractivity contribution in [1.29, 1.82) is 0 Å². The highest BCUT2D eigenvalue weighted by atomic mass is 15.2. The highest BCUT2D eigenvalue weighted by Crippen LogP contribution is 2.43. The van der Waals surface area contributed by atoms with Crippen molar-refractivity contribution in [2.24, 2.45) is 0 Å². The summed E-state index contributed by atoms with van der Waals surface area (Å²) < 4.78 is 0. The van der Waals surface area contributed by atoms with E-state index < -0.39 is 0 Å². The van der Waals surface area contributed by atoms with Crippen molar-refractivity contribution in [3.8, 4) is 0 Å². The fourth-order valence-corrected chi connectivity index (χ4v) is 2.84. The van der Waals surface area contributed by atoms with E-state index >= 15 is 0 Å². The third-order valence-corrected chi connectivity index (χ3v) is 3.74. The van der Waals surface area contributed by atoms with E-state index in [2.05, 4.69) is 62.2 Å². The maximum Gasteiger partial charge on any atom is 0.0579 e. The minimum atomic E-state index is 0.516. The fourth-order valence-electron chi connectivity index (χ4n) is 2.84. The molecular formula is C15H17N. The molecule has 0 N–H and O–H groups in total. The Hall–Kier alpha value is -1.50. The van der Waals surface area contributed by atoms with E-state index in [1.165, 1.54) is 22.4 Å². The van der Waals surface area contributed by atoms with Crippen molar-refractivity contribution < 1.29 is 0 Å². The maximum absolute atomic E-state index is 2.40. The van der Waals surface area contributed by atoms with E-state index in [0.717, 1.165) is 0 Å². The minimum Gasteiger partial charge on any atom is -0.367 e. The van der Waals surface area contributed by atoms with Gasteiger partial charge in [-0.2, -0.15) is 0 Å². The van der Waals surface area contributed by atoms with Crippen LogP contribution in [0.25, 0.3) is 0 Å². The summed E-state index contributed by atoms with van der Waals surface area (Å²) in [5.74, 6) is 0.546. The second kappa shape index (κ2) is 3.24. The monoisotopic (exact) mass is 211 g/mol. The van der Waals surface area contributed by atoms with Crippen LogP contribution in [0.15, 0.2) is 42.0 Å². The number of likely N-dealkylation sites (N-methyl/N-ethyl adjacent to an activating group) is 1. The van der Waals surface area contributed by atoms with Crippen LogP contribution in [0.1, 0.15) is 24.0 Å². The molecule has 16 heavy (non-hydrogen) atoms. The Balaban J connectivity index is 2.13. The van der Waals surface area contributed by atoms with Crippen molar-refractivity contribution in [2.75, 3.05) is 11.9 Å². The predicted octanol–water partition coefficient (Wildman–Crippen LogP) is 3.41. The first kappa shape index (κ1) is 9.71. The second-order valence-electron chi connectivity index (χ2n) is 4.96. The smallest absolute Gasteiger partial charge is 0.0579 e. The SMILES string of the molecule is CC1=CC2C(C=C1)c1ccc(C)cc1N2C. The van der Waals surface area contributed by atoms with Crippen LogP contribution >= 0.6 is 0 Å². The lowest BCUT2D eigenvalue weighted by molar-refractivity contribution is 0.717. The molecule has 1 nitrogen and oxygen atoms in total. The van der Waals surface area contributed by atoms with Crippen LogP contribution < -0.4 is 4.90 Å². The number of anilines is 1. The van der Waals surface area contributed by atoms with Crippen molar-refractivity contribution >= 4 is 5.69 Å². The van der Waals surface area contributed by atoms with E-state index in [1.54, 1.807) is 0 Å². The number of aryl methyl sites for hydroxylation is 1. The van der Waals surface area contributed by atoms with Gasteiger partial charge >= 0.3 is 0 Å². The molecule has 1 heteroatoms. The van der Waals surface area contributed by atoms with Crippen LogP contribution in [0.2, 0.25) is 0 Å². The molecule has 82 valence electrons. The van der Waals surface area contributed by atoms with Gasteiger partial charge in [0.25, 0.3) is 0 Å². The van der Waals surface area contributed by atoms with Gasteiger partial charge < -0.3 is 4.90 Å². The highest BCUT2D eigenvalue weighted by molar-refractivity contribution is 5.66. The molecule has 1 heterocycles. The molecule has 0 bridgehead atoms. The van der Waals surface area contributed by atoms with Crippen molar-refractivity contribution in [2.45, 2.75) is 25.8 Å². The third-order valence-electron chi connectivity index (χ3n) is 3.74. The Morgan fingerprint density at radius 2 is 2.00 bits per heavy atom. The molecule has 2 atom stereocenters. The van der Waals surface area contributed by atoms with Gasteiger partial charge in [0, 0.05) is 18.7 Å². The first-order valence-corrected chi connectivity index (χ1v) is 5.87. The number of benzene rings is 1. The molecule has 2 unspecified atom stereocenters. The molecule has 0 saturated heterocycles. The minimum absolute atomic E-state index is 0.516. The highest BCUT2D eigenvalue weighted by Gasteiger charge is 2.34. The van der Waals surface area contributed by atoms with E-state index in [1.807, 2.05) is 0 Å². The average Bonchev–Trinajstić information content (AvgIpc) is 2.53. The van der Waals surface area contributed by atoms with Crippen LogP contribution in [-0.2, 0) is 0 Å². The van der Waals surface area contributed by atoms with Gasteiger partial charge in [-0.15, -0.1) is 0 Å². The summed E-state index contributed by atoms with van der Waals surface area (Å²) in [6.45, 7) is 4.34. The summed E-state index contributed by atoms with van der Waals surface area (Å²) in [5, 5.41) is 0. The van der Waals surface area contributed by atoms with E-state index in [4.69, 9.17) is 0 Å². The Bertz CT molecular complexity index is 496. The molecule has 1 aromatic carbocycles. The van der Waals surface area contributed by atoms with Crippen LogP contribution in [-0.4, -0.2) is 13.1 Å². The van der Waals surface area contributed by atoms with Crippen LogP contribution in [0.5, 0.6) is 0 Å². The molecule has 0 spiro atoms. The Morgan fingerprint density at radius 3 is 2.81 bits per heavy atom. The first-order valence-electron chi connectivity index (χ1n) is 5.87. The van der Waals surface area contributed by atoms with E-state index in [0.29, 0.717) is 12.0 Å². The Labute approximate surface area is 97.1 Å². The molecule has 0 saturated carbocycles. The van der Waals surface area contributed by atoms with E-state index in [-0.39, 0.29) is 0 Å². The molecule has 0 fully saturated rings. The van der Waals surface area contributed by atoms with Crippen LogP contribution in [0.4, 0.5) is 5.69 Å². The quantitative estimate of drug-likeness (QED) is 0.635. The topological polar surface area (TPSA) is 3.24 Å². The maximum atomic E-state index is 2.40. The van der Waals surface area contributed by atoms with Crippen molar-refractivity contribution in [1.82, 2.24) is 0 Å². The standard InChI is InChI=1S/C15H17N/c1-10-4-6-12-13-7-5-11(2)9-15(13)16(3)14(12)8-10/h4-9,12,14H,1-3H3. The van der Waals surface area contributed by atoms with Gasteiger partial charge in [-0.1, -0.05) is 35.9 Å². The first-order chi connectivity index (χ1) is 7.66. The molecule has 0 radical (unpaired) electrons. The molecule has 1 aliphatic heterocycles. The predicted molar refractivity (Wildman–Crippen MR) is 69.0 cm³/mol. The zero-order valence-electron chi connectivity index (χ0n) is 10.1. The molecule has 1 aliphatic carbocycles. The van der Waals surface area contributed by atoms with Gasteiger partial charge in [-0.05, 0) is 31.0 Å². The van der Waals surface area contributed by atoms with E-state index in [9.17, 15) is 0 Å². The molecule has 2 aliphatic rings. The number of fused-ring (bicyclic) bond motifs is 3. The number of allylic oxidation sites excluding steroid dienone is 2. The zero-order valence-corrected chi connectivity index (χ0v) is 10.1. The summed E-state index contributed by atoms with van der Waals surface area (Å²) in [4.78, 5) is 2.40. The van der Waals surface area contributed by atoms with Gasteiger partial charge in [-0.25, -0.2) is 0 Å². The molecule has 3 rings (SSSR count). The van der Waals surface area contributed by atoms with Crippen molar-refractivity contribution in [3.05, 3.63) is 53.1 Å². The number of hydrogen-bond donors (Lipinski definition) is 0. The summed E-state index contributed by atoms with van der Waals surface area (Å²) >= 11 is 0. The number of hydrogen-bond acceptors (Lipinski definition) is 1. The molecule has 0 aromatic heterocycles. The summed E-state index contributed by atoms with van der Waals surface area (Å²) in [6, 6.07) is 7.31. The summed E-state index contributed by atoms with van der Waals surface area (Å²) in [6.07, 6.45) is 6.96. The molecule has 0 amide bonds. The van der Waals surface area contributed by atoms with Gasteiger partial charge in [0.1, 0.15) is 0 Å². The zero-order chi connectivity index (χ0) is 11.3. The number of nitrogens with zero attached hydrogens (tertiary/aromatic N) is 1. The van der Waals surface area contributed by atoms with Gasteiger partial charge in [0.05, 0.1) is 6.04 Å². The van der Waals surface area contributed by atoms with Crippen molar-refractivity contribution in [3.63, 3.8) is 0 Å². The molecule has 1 aromatic rings. The largest absolute Gasteiger partial charge is 0.367 e. The summed E-state index contributed by atoms with van der Waals surface area (Å²) in [7, 11) is 2.20.